The maximum Gasteiger partial charge on any atom is 0.408 e. The summed E-state index contributed by atoms with van der Waals surface area (Å²) in [6.45, 7) is 5.41. The quantitative estimate of drug-likeness (QED) is 0.695. The molecule has 1 spiro atoms. The predicted molar refractivity (Wildman–Crippen MR) is 109 cm³/mol. The molecule has 0 bridgehead atoms. The molecule has 1 fully saturated rings. The van der Waals surface area contributed by atoms with E-state index in [0.717, 1.165) is 12.4 Å². The molecule has 4 rings (SSSR count). The van der Waals surface area contributed by atoms with E-state index in [9.17, 15) is 27.6 Å². The van der Waals surface area contributed by atoms with Crippen LogP contribution in [0.5, 0.6) is 0 Å². The number of pyridine rings is 1. The van der Waals surface area contributed by atoms with Crippen molar-refractivity contribution in [3.8, 4) is 0 Å². The number of rotatable bonds is 3. The Morgan fingerprint density at radius 3 is 2.58 bits per heavy atom. The number of esters is 1. The van der Waals surface area contributed by atoms with Crippen molar-refractivity contribution in [3.63, 3.8) is 0 Å². The van der Waals surface area contributed by atoms with Gasteiger partial charge in [0.1, 0.15) is 23.2 Å². The van der Waals surface area contributed by atoms with E-state index in [1.165, 1.54) is 11.8 Å². The van der Waals surface area contributed by atoms with Crippen LogP contribution in [0.25, 0.3) is 0 Å². The minimum absolute atomic E-state index is 0.0252. The number of aromatic amines is 1. The zero-order chi connectivity index (χ0) is 24.3. The highest BCUT2D eigenvalue weighted by Gasteiger charge is 2.55. The number of amides is 1. The fraction of sp³-hybridized carbons (Fsp3) is 0.524. The summed E-state index contributed by atoms with van der Waals surface area (Å²) in [4.78, 5) is 43.2. The monoisotopic (exact) mass is 468 g/mol. The first-order chi connectivity index (χ1) is 15.2. The van der Waals surface area contributed by atoms with Gasteiger partial charge in [-0.15, -0.1) is 0 Å². The van der Waals surface area contributed by atoms with Crippen molar-refractivity contribution in [1.82, 2.24) is 14.8 Å². The van der Waals surface area contributed by atoms with Crippen molar-refractivity contribution < 1.29 is 32.2 Å². The highest BCUT2D eigenvalue weighted by Crippen LogP contribution is 2.47. The number of ether oxygens (including phenoxy) is 2. The first-order valence-electron chi connectivity index (χ1n) is 10.3. The van der Waals surface area contributed by atoms with Crippen molar-refractivity contribution in [1.29, 1.82) is 0 Å². The van der Waals surface area contributed by atoms with E-state index in [4.69, 9.17) is 9.47 Å². The molecule has 33 heavy (non-hydrogen) atoms. The van der Waals surface area contributed by atoms with E-state index in [1.807, 2.05) is 0 Å². The largest absolute Gasteiger partial charge is 0.456 e. The zero-order valence-electron chi connectivity index (χ0n) is 18.5. The van der Waals surface area contributed by atoms with Crippen molar-refractivity contribution in [2.45, 2.75) is 58.0 Å². The standard InChI is InChI=1S/C21H23F3N4O5/c1-11-13-15(26-16(29)14(11)18(31)33-19(2,3)4)20(5-6-32-10-20)28(17(13)30)12-7-25-27(8-12)9-21(22,23)24/h7-8H,5-6,9-10H2,1-4H3,(H,26,29). The molecule has 1 amide bonds. The number of nitrogens with zero attached hydrogens (tertiary/aromatic N) is 3. The molecule has 0 aliphatic carbocycles. The molecule has 0 radical (unpaired) electrons. The van der Waals surface area contributed by atoms with Gasteiger partial charge in [0.25, 0.3) is 11.5 Å². The van der Waals surface area contributed by atoms with Crippen LogP contribution in [0, 0.1) is 6.92 Å². The number of H-pyrrole nitrogens is 1. The Labute approximate surface area is 186 Å². The molecule has 2 aliphatic heterocycles. The van der Waals surface area contributed by atoms with Crippen molar-refractivity contribution >= 4 is 17.6 Å². The first-order valence-corrected chi connectivity index (χ1v) is 10.3. The number of nitrogens with one attached hydrogen (secondary N) is 1. The Kier molecular flexibility index (Phi) is 5.19. The summed E-state index contributed by atoms with van der Waals surface area (Å²) < 4.78 is 50.0. The van der Waals surface area contributed by atoms with E-state index in [-0.39, 0.29) is 41.3 Å². The van der Waals surface area contributed by atoms with Gasteiger partial charge in [-0.05, 0) is 33.3 Å². The predicted octanol–water partition coefficient (Wildman–Crippen LogP) is 2.67. The van der Waals surface area contributed by atoms with Crippen LogP contribution >= 0.6 is 0 Å². The number of alkyl halides is 3. The summed E-state index contributed by atoms with van der Waals surface area (Å²) in [6.07, 6.45) is -1.89. The van der Waals surface area contributed by atoms with Crippen LogP contribution in [-0.2, 0) is 21.6 Å². The Bertz CT molecular complexity index is 1190. The Morgan fingerprint density at radius 1 is 1.30 bits per heavy atom. The molecule has 1 saturated heterocycles. The SMILES string of the molecule is Cc1c2c([nH]c(=O)c1C(=O)OC(C)(C)C)C1(CCOC1)N(c1cnn(CC(F)(F)F)c1)C2=O. The summed E-state index contributed by atoms with van der Waals surface area (Å²) >= 11 is 0. The topological polar surface area (TPSA) is 107 Å². The number of hydrogen-bond acceptors (Lipinski definition) is 6. The van der Waals surface area contributed by atoms with E-state index >= 15 is 0 Å². The molecule has 2 aliphatic rings. The van der Waals surface area contributed by atoms with Gasteiger partial charge < -0.3 is 14.5 Å². The van der Waals surface area contributed by atoms with Gasteiger partial charge in [-0.25, -0.2) is 4.79 Å². The molecule has 12 heteroatoms. The molecule has 1 unspecified atom stereocenters. The normalized spacial score (nSPS) is 20.6. The molecule has 1 N–H and O–H groups in total. The number of carbonyl (C=O) groups excluding carboxylic acids is 2. The van der Waals surface area contributed by atoms with Crippen LogP contribution in [-0.4, -0.2) is 51.6 Å². The molecular weight excluding hydrogens is 445 g/mol. The Morgan fingerprint density at radius 2 is 2.00 bits per heavy atom. The minimum Gasteiger partial charge on any atom is -0.456 e. The van der Waals surface area contributed by atoms with Gasteiger partial charge in [0, 0.05) is 19.2 Å². The molecule has 2 aromatic heterocycles. The second kappa shape index (κ2) is 7.44. The number of fused-ring (bicyclic) bond motifs is 2. The molecule has 0 saturated carbocycles. The van der Waals surface area contributed by atoms with Crippen molar-refractivity contribution in [2.75, 3.05) is 18.1 Å². The number of aromatic nitrogens is 3. The molecule has 0 aromatic carbocycles. The molecule has 2 aromatic rings. The van der Waals surface area contributed by atoms with Crippen LogP contribution in [0.15, 0.2) is 17.2 Å². The molecule has 9 nitrogen and oxygen atoms in total. The van der Waals surface area contributed by atoms with Crippen LogP contribution in [0.1, 0.15) is 59.2 Å². The third-order valence-electron chi connectivity index (χ3n) is 5.60. The second-order valence-electron chi connectivity index (χ2n) is 9.19. The maximum atomic E-state index is 13.6. The minimum atomic E-state index is -4.49. The zero-order valence-corrected chi connectivity index (χ0v) is 18.5. The molecule has 4 heterocycles. The van der Waals surface area contributed by atoms with Gasteiger partial charge in [-0.1, -0.05) is 0 Å². The number of halogens is 3. The Hall–Kier alpha value is -3.15. The lowest BCUT2D eigenvalue weighted by atomic mass is 9.91. The van der Waals surface area contributed by atoms with Gasteiger partial charge in [0.05, 0.1) is 29.7 Å². The third-order valence-corrected chi connectivity index (χ3v) is 5.60. The smallest absolute Gasteiger partial charge is 0.408 e. The lowest BCUT2D eigenvalue weighted by Gasteiger charge is -2.32. The van der Waals surface area contributed by atoms with Crippen LogP contribution in [0.2, 0.25) is 0 Å². The maximum absolute atomic E-state index is 13.6. The molecule has 1 atom stereocenters. The average Bonchev–Trinajstić information content (AvgIpc) is 3.33. The summed E-state index contributed by atoms with van der Waals surface area (Å²) in [7, 11) is 0. The number of hydrogen-bond donors (Lipinski definition) is 1. The van der Waals surface area contributed by atoms with Gasteiger partial charge in [-0.3, -0.25) is 19.2 Å². The third kappa shape index (κ3) is 3.92. The summed E-state index contributed by atoms with van der Waals surface area (Å²) in [5.41, 5.74) is -2.36. The highest BCUT2D eigenvalue weighted by molar-refractivity contribution is 6.13. The second-order valence-corrected chi connectivity index (χ2v) is 9.19. The van der Waals surface area contributed by atoms with Gasteiger partial charge in [0.15, 0.2) is 0 Å². The van der Waals surface area contributed by atoms with Gasteiger partial charge >= 0.3 is 12.1 Å². The van der Waals surface area contributed by atoms with E-state index < -0.39 is 41.3 Å². The summed E-state index contributed by atoms with van der Waals surface area (Å²) in [5.74, 6) is -1.44. The molecule has 178 valence electrons. The van der Waals surface area contributed by atoms with Crippen molar-refractivity contribution in [2.24, 2.45) is 0 Å². The molecular formula is C21H23F3N4O5. The van der Waals surface area contributed by atoms with Crippen LogP contribution < -0.4 is 10.5 Å². The highest BCUT2D eigenvalue weighted by atomic mass is 19.4. The first kappa shape index (κ1) is 23.0. The fourth-order valence-electron chi connectivity index (χ4n) is 4.36. The van der Waals surface area contributed by atoms with Crippen LogP contribution in [0.3, 0.4) is 0 Å². The Balaban J connectivity index is 1.83. The summed E-state index contributed by atoms with van der Waals surface area (Å²) in [5, 5.41) is 3.74. The van der Waals surface area contributed by atoms with E-state index in [0.29, 0.717) is 11.1 Å². The van der Waals surface area contributed by atoms with Crippen LogP contribution in [0.4, 0.5) is 18.9 Å². The van der Waals surface area contributed by atoms with Gasteiger partial charge in [0.2, 0.25) is 0 Å². The van der Waals surface area contributed by atoms with E-state index in [2.05, 4.69) is 10.1 Å². The fourth-order valence-corrected chi connectivity index (χ4v) is 4.36. The lowest BCUT2D eigenvalue weighted by molar-refractivity contribution is -0.142. The number of anilines is 1. The number of carbonyl (C=O) groups is 2. The van der Waals surface area contributed by atoms with Crippen molar-refractivity contribution in [3.05, 3.63) is 45.1 Å². The summed E-state index contributed by atoms with van der Waals surface area (Å²) in [6, 6.07) is 0. The lowest BCUT2D eigenvalue weighted by Crippen LogP contribution is -2.45. The average molecular weight is 468 g/mol. The van der Waals surface area contributed by atoms with E-state index in [1.54, 1.807) is 20.8 Å². The van der Waals surface area contributed by atoms with Gasteiger partial charge in [-0.2, -0.15) is 18.3 Å².